The lowest BCUT2D eigenvalue weighted by Crippen LogP contribution is -2.07. The Morgan fingerprint density at radius 2 is 1.92 bits per heavy atom. The zero-order valence-electron chi connectivity index (χ0n) is 7.25. The third-order valence-corrected chi connectivity index (χ3v) is 2.86. The molecule has 0 atom stereocenters. The Hall–Kier alpha value is -0.466. The molecule has 12 heavy (non-hydrogen) atoms. The van der Waals surface area contributed by atoms with Gasteiger partial charge in [-0.15, -0.1) is 0 Å². The third kappa shape index (κ3) is 4.42. The van der Waals surface area contributed by atoms with Crippen molar-refractivity contribution < 1.29 is 13.6 Å². The van der Waals surface area contributed by atoms with Crippen molar-refractivity contribution in [1.82, 2.24) is 0 Å². The summed E-state index contributed by atoms with van der Waals surface area (Å²) < 4.78 is 9.50. The Labute approximate surface area is 83.2 Å². The SMILES string of the molecule is C=C(CCC(=S)O[SiH3])C(=O)O[SiH3]. The highest BCUT2D eigenvalue weighted by Crippen LogP contribution is 2.05. The number of hydrogen-bond donors (Lipinski definition) is 0. The summed E-state index contributed by atoms with van der Waals surface area (Å²) in [6.07, 6.45) is 1.11. The summed E-state index contributed by atoms with van der Waals surface area (Å²) in [4.78, 5) is 10.9. The molecule has 6 heteroatoms. The Morgan fingerprint density at radius 1 is 1.33 bits per heavy atom. The van der Waals surface area contributed by atoms with Gasteiger partial charge < -0.3 is 8.85 Å². The van der Waals surface area contributed by atoms with Gasteiger partial charge in [0.15, 0.2) is 0 Å². The molecule has 0 aliphatic heterocycles. The Kier molecular flexibility index (Phi) is 5.86. The van der Waals surface area contributed by atoms with E-state index in [1.165, 1.54) is 0 Å². The van der Waals surface area contributed by atoms with Crippen LogP contribution < -0.4 is 0 Å². The first-order chi connectivity index (χ1) is 5.61. The molecule has 0 amide bonds. The molecule has 0 aliphatic carbocycles. The molecular weight excluding hydrogens is 208 g/mol. The lowest BCUT2D eigenvalue weighted by atomic mass is 10.2. The summed E-state index contributed by atoms with van der Waals surface area (Å²) in [5, 5.41) is 0.545. The molecule has 0 aromatic rings. The molecule has 0 fully saturated rings. The average molecular weight is 220 g/mol. The van der Waals surface area contributed by atoms with Gasteiger partial charge in [0.05, 0.1) is 0 Å². The highest BCUT2D eigenvalue weighted by Gasteiger charge is 2.06. The highest BCUT2D eigenvalue weighted by atomic mass is 32.1. The van der Waals surface area contributed by atoms with Gasteiger partial charge in [0.25, 0.3) is 0 Å². The van der Waals surface area contributed by atoms with Crippen LogP contribution >= 0.6 is 12.2 Å². The fourth-order valence-electron chi connectivity index (χ4n) is 0.601. The molecule has 0 aromatic carbocycles. The van der Waals surface area contributed by atoms with Gasteiger partial charge in [0.1, 0.15) is 5.05 Å². The Balaban J connectivity index is 3.72. The second kappa shape index (κ2) is 6.09. The molecule has 0 rings (SSSR count). The second-order valence-electron chi connectivity index (χ2n) is 2.17. The fourth-order valence-corrected chi connectivity index (χ4v) is 1.20. The number of thiocarbonyl (C=S) groups is 1. The quantitative estimate of drug-likeness (QED) is 0.338. The molecule has 0 N–H and O–H groups in total. The molecule has 0 heterocycles. The minimum absolute atomic E-state index is 0.321. The first-order valence-corrected chi connectivity index (χ1v) is 5.48. The van der Waals surface area contributed by atoms with Gasteiger partial charge in [0.2, 0.25) is 21.0 Å². The van der Waals surface area contributed by atoms with Gasteiger partial charge in [0, 0.05) is 12.0 Å². The number of rotatable bonds is 4. The van der Waals surface area contributed by atoms with Crippen LogP contribution in [0.4, 0.5) is 0 Å². The number of hydrogen-bond acceptors (Lipinski definition) is 4. The van der Waals surface area contributed by atoms with Crippen molar-refractivity contribution in [1.29, 1.82) is 0 Å². The first kappa shape index (κ1) is 11.5. The van der Waals surface area contributed by atoms with Crippen molar-refractivity contribution in [3.8, 4) is 0 Å². The van der Waals surface area contributed by atoms with Crippen LogP contribution in [-0.2, 0) is 13.6 Å². The molecule has 3 nitrogen and oxygen atoms in total. The standard InChI is InChI=1S/C6H12O3SSi2/c1-4(6(7)9-12)2-3-5(10)8-11/h1-3H2,11-12H3. The maximum Gasteiger partial charge on any atom is 0.319 e. The van der Waals surface area contributed by atoms with Gasteiger partial charge in [-0.1, -0.05) is 6.58 Å². The van der Waals surface area contributed by atoms with Crippen molar-refractivity contribution in [3.05, 3.63) is 12.2 Å². The average Bonchev–Trinajstić information content (AvgIpc) is 2.11. The summed E-state index contributed by atoms with van der Waals surface area (Å²) in [5.41, 5.74) is 0.464. The molecule has 0 radical (unpaired) electrons. The van der Waals surface area contributed by atoms with E-state index in [-0.39, 0.29) is 5.97 Å². The van der Waals surface area contributed by atoms with Gasteiger partial charge in [-0.05, 0) is 18.6 Å². The van der Waals surface area contributed by atoms with Crippen molar-refractivity contribution >= 4 is 44.2 Å². The normalized spacial score (nSPS) is 9.33. The lowest BCUT2D eigenvalue weighted by Gasteiger charge is -2.04. The molecule has 0 saturated carbocycles. The molecule has 68 valence electrons. The summed E-state index contributed by atoms with van der Waals surface area (Å²) >= 11 is 4.82. The molecule has 0 spiro atoms. The van der Waals surface area contributed by atoms with E-state index in [1.807, 2.05) is 0 Å². The maximum atomic E-state index is 10.9. The van der Waals surface area contributed by atoms with Gasteiger partial charge in [-0.2, -0.15) is 0 Å². The van der Waals surface area contributed by atoms with Crippen molar-refractivity contribution in [3.63, 3.8) is 0 Å². The predicted octanol–water partition coefficient (Wildman–Crippen LogP) is -1.23. The van der Waals surface area contributed by atoms with E-state index in [4.69, 9.17) is 16.6 Å². The van der Waals surface area contributed by atoms with E-state index in [1.54, 1.807) is 0 Å². The van der Waals surface area contributed by atoms with Crippen molar-refractivity contribution in [2.45, 2.75) is 12.8 Å². The second-order valence-corrected chi connectivity index (χ2v) is 3.44. The van der Waals surface area contributed by atoms with Gasteiger partial charge in [-0.3, -0.25) is 0 Å². The summed E-state index contributed by atoms with van der Waals surface area (Å²) in [6.45, 7) is 3.58. The van der Waals surface area contributed by atoms with Crippen LogP contribution in [0.3, 0.4) is 0 Å². The lowest BCUT2D eigenvalue weighted by molar-refractivity contribution is -0.129. The molecule has 0 bridgehead atoms. The molecule has 0 aromatic heterocycles. The van der Waals surface area contributed by atoms with Gasteiger partial charge >= 0.3 is 5.97 Å². The van der Waals surface area contributed by atoms with Crippen LogP contribution in [0.15, 0.2) is 12.2 Å². The van der Waals surface area contributed by atoms with Crippen LogP contribution in [0.25, 0.3) is 0 Å². The van der Waals surface area contributed by atoms with E-state index < -0.39 is 0 Å². The highest BCUT2D eigenvalue weighted by molar-refractivity contribution is 7.80. The van der Waals surface area contributed by atoms with Gasteiger partial charge in [-0.25, -0.2) is 4.79 Å². The van der Waals surface area contributed by atoms with Crippen molar-refractivity contribution in [2.75, 3.05) is 0 Å². The maximum absolute atomic E-state index is 10.9. The first-order valence-electron chi connectivity index (χ1n) is 3.44. The minimum atomic E-state index is -0.321. The van der Waals surface area contributed by atoms with E-state index in [0.717, 1.165) is 0 Å². The molecular formula is C6H12O3SSi2. The Morgan fingerprint density at radius 3 is 2.33 bits per heavy atom. The van der Waals surface area contributed by atoms with Crippen molar-refractivity contribution in [2.24, 2.45) is 0 Å². The van der Waals surface area contributed by atoms with Crippen LogP contribution in [0.5, 0.6) is 0 Å². The molecule has 0 aliphatic rings. The van der Waals surface area contributed by atoms with E-state index in [0.29, 0.717) is 44.4 Å². The molecule has 0 saturated heterocycles. The van der Waals surface area contributed by atoms with Crippen LogP contribution in [-0.4, -0.2) is 32.0 Å². The number of carbonyl (C=O) groups is 1. The van der Waals surface area contributed by atoms with Crippen LogP contribution in [0.1, 0.15) is 12.8 Å². The molecule has 0 unspecified atom stereocenters. The summed E-state index contributed by atoms with van der Waals surface area (Å²) in [5.74, 6) is -0.321. The summed E-state index contributed by atoms with van der Waals surface area (Å²) in [6, 6.07) is 0. The van der Waals surface area contributed by atoms with E-state index in [9.17, 15) is 4.79 Å². The predicted molar refractivity (Wildman–Crippen MR) is 58.0 cm³/mol. The van der Waals surface area contributed by atoms with Crippen LogP contribution in [0, 0.1) is 0 Å². The fraction of sp³-hybridized carbons (Fsp3) is 0.333. The zero-order valence-corrected chi connectivity index (χ0v) is 12.1. The summed E-state index contributed by atoms with van der Waals surface area (Å²) in [7, 11) is 1.01. The minimum Gasteiger partial charge on any atom is -0.549 e. The smallest absolute Gasteiger partial charge is 0.319 e. The monoisotopic (exact) mass is 220 g/mol. The van der Waals surface area contributed by atoms with Crippen LogP contribution in [0.2, 0.25) is 0 Å². The third-order valence-electron chi connectivity index (χ3n) is 1.33. The largest absolute Gasteiger partial charge is 0.549 e. The Bertz CT molecular complexity index is 205. The van der Waals surface area contributed by atoms with E-state index >= 15 is 0 Å². The number of carbonyl (C=O) groups excluding carboxylic acids is 1. The topological polar surface area (TPSA) is 35.5 Å². The zero-order chi connectivity index (χ0) is 9.56. The van der Waals surface area contributed by atoms with E-state index in [2.05, 4.69) is 11.0 Å².